The number of phenolic OH excluding ortho intramolecular Hbond substituents is 1. The third-order valence-electron chi connectivity index (χ3n) is 5.41. The number of nitrogens with zero attached hydrogens (tertiary/aromatic N) is 2. The molecule has 6 nitrogen and oxygen atoms in total. The van der Waals surface area contributed by atoms with Crippen molar-refractivity contribution < 1.29 is 14.6 Å². The van der Waals surface area contributed by atoms with E-state index in [1.54, 1.807) is 18.3 Å². The van der Waals surface area contributed by atoms with Gasteiger partial charge in [-0.25, -0.2) is 5.43 Å². The molecule has 0 saturated carbocycles. The number of hydrogen-bond acceptors (Lipinski definition) is 4. The molecule has 168 valence electrons. The second-order valence-electron chi connectivity index (χ2n) is 7.43. The number of benzene rings is 3. The minimum absolute atomic E-state index is 0.103. The van der Waals surface area contributed by atoms with Gasteiger partial charge in [0.2, 0.25) is 0 Å². The Morgan fingerprint density at radius 1 is 1.12 bits per heavy atom. The number of carbonyl (C=O) groups excluding carboxylic acids is 1. The fraction of sp³-hybridized carbons (Fsp3) is 0.120. The summed E-state index contributed by atoms with van der Waals surface area (Å²) in [6, 6.07) is 18.0. The lowest BCUT2D eigenvalue weighted by Crippen LogP contribution is -2.17. The number of para-hydroxylation sites is 1. The van der Waals surface area contributed by atoms with Crippen LogP contribution in [0.25, 0.3) is 10.9 Å². The van der Waals surface area contributed by atoms with E-state index in [4.69, 9.17) is 27.9 Å². The maximum absolute atomic E-state index is 12.5. The fourth-order valence-electron chi connectivity index (χ4n) is 3.69. The van der Waals surface area contributed by atoms with Crippen molar-refractivity contribution in [3.63, 3.8) is 0 Å². The van der Waals surface area contributed by atoms with Crippen LogP contribution in [0.4, 0.5) is 0 Å². The maximum Gasteiger partial charge on any atom is 0.275 e. The zero-order valence-electron chi connectivity index (χ0n) is 18.0. The van der Waals surface area contributed by atoms with Gasteiger partial charge in [0.05, 0.1) is 28.9 Å². The number of rotatable bonds is 6. The van der Waals surface area contributed by atoms with E-state index < -0.39 is 5.91 Å². The van der Waals surface area contributed by atoms with E-state index in [0.717, 1.165) is 27.7 Å². The van der Waals surface area contributed by atoms with Crippen molar-refractivity contribution in [2.75, 3.05) is 7.11 Å². The molecule has 0 unspecified atom stereocenters. The molecule has 0 aliphatic rings. The monoisotopic (exact) mass is 481 g/mol. The number of hydrazone groups is 1. The summed E-state index contributed by atoms with van der Waals surface area (Å²) < 4.78 is 7.20. The third-order valence-corrected chi connectivity index (χ3v) is 6.15. The normalized spacial score (nSPS) is 11.3. The van der Waals surface area contributed by atoms with Crippen LogP contribution in [0.2, 0.25) is 10.0 Å². The van der Waals surface area contributed by atoms with Gasteiger partial charge in [0.1, 0.15) is 11.5 Å². The standard InChI is InChI=1S/C25H21Cl2N3O3/c1-15-20(13-28-29-25(32)19-9-8-17(33-2)12-24(19)31)18-5-3-4-6-23(18)30(15)14-16-7-10-21(26)22(27)11-16/h3-13,31H,14H2,1-2H3,(H,29,32)/b28-13-. The summed E-state index contributed by atoms with van der Waals surface area (Å²) in [6.45, 7) is 2.60. The number of hydrogen-bond donors (Lipinski definition) is 2. The molecule has 2 N–H and O–H groups in total. The van der Waals surface area contributed by atoms with Crippen molar-refractivity contribution in [3.8, 4) is 11.5 Å². The third kappa shape index (κ3) is 4.67. The number of nitrogens with one attached hydrogen (secondary N) is 1. The van der Waals surface area contributed by atoms with Gasteiger partial charge < -0.3 is 14.4 Å². The van der Waals surface area contributed by atoms with Gasteiger partial charge in [-0.2, -0.15) is 5.10 Å². The van der Waals surface area contributed by atoms with Gasteiger partial charge in [-0.3, -0.25) is 4.79 Å². The fourth-order valence-corrected chi connectivity index (χ4v) is 4.01. The molecule has 0 bridgehead atoms. The molecule has 0 aliphatic heterocycles. The number of aromatic hydroxyl groups is 1. The molecular formula is C25H21Cl2N3O3. The molecule has 0 aliphatic carbocycles. The number of carbonyl (C=O) groups is 1. The van der Waals surface area contributed by atoms with E-state index in [2.05, 4.69) is 15.1 Å². The highest BCUT2D eigenvalue weighted by molar-refractivity contribution is 6.42. The molecule has 0 saturated heterocycles. The second kappa shape index (κ2) is 9.57. The largest absolute Gasteiger partial charge is 0.507 e. The lowest BCUT2D eigenvalue weighted by Gasteiger charge is -2.09. The van der Waals surface area contributed by atoms with Crippen molar-refractivity contribution >= 4 is 46.2 Å². The van der Waals surface area contributed by atoms with Crippen LogP contribution in [-0.2, 0) is 6.54 Å². The van der Waals surface area contributed by atoms with Crippen LogP contribution in [0, 0.1) is 6.92 Å². The number of aromatic nitrogens is 1. The van der Waals surface area contributed by atoms with Crippen LogP contribution in [0.3, 0.4) is 0 Å². The van der Waals surface area contributed by atoms with Crippen molar-refractivity contribution in [2.45, 2.75) is 13.5 Å². The molecule has 1 aromatic heterocycles. The Hall–Kier alpha value is -3.48. The zero-order valence-corrected chi connectivity index (χ0v) is 19.5. The van der Waals surface area contributed by atoms with E-state index in [0.29, 0.717) is 22.3 Å². The van der Waals surface area contributed by atoms with E-state index in [-0.39, 0.29) is 11.3 Å². The molecule has 0 fully saturated rings. The minimum Gasteiger partial charge on any atom is -0.507 e. The van der Waals surface area contributed by atoms with Crippen molar-refractivity contribution in [1.29, 1.82) is 0 Å². The van der Waals surface area contributed by atoms with Crippen LogP contribution in [0.5, 0.6) is 11.5 Å². The maximum atomic E-state index is 12.5. The Labute approximate surface area is 201 Å². The molecule has 1 amide bonds. The number of ether oxygens (including phenoxy) is 1. The van der Waals surface area contributed by atoms with Crippen molar-refractivity contribution in [1.82, 2.24) is 9.99 Å². The predicted octanol–water partition coefficient (Wildman–Crippen LogP) is 5.78. The second-order valence-corrected chi connectivity index (χ2v) is 8.25. The molecule has 0 spiro atoms. The van der Waals surface area contributed by atoms with Gasteiger partial charge in [-0.05, 0) is 42.8 Å². The van der Waals surface area contributed by atoms with E-state index in [1.807, 2.05) is 43.3 Å². The zero-order chi connectivity index (χ0) is 23.5. The number of halogens is 2. The van der Waals surface area contributed by atoms with Gasteiger partial charge in [-0.1, -0.05) is 47.5 Å². The SMILES string of the molecule is COc1ccc(C(=O)N/N=C\c2c(C)n(Cc3ccc(Cl)c(Cl)c3)c3ccccc23)c(O)c1. The first-order valence-electron chi connectivity index (χ1n) is 10.1. The van der Waals surface area contributed by atoms with E-state index in [1.165, 1.54) is 19.2 Å². The summed E-state index contributed by atoms with van der Waals surface area (Å²) in [5.74, 6) is -0.252. The van der Waals surface area contributed by atoms with Crippen molar-refractivity contribution in [3.05, 3.63) is 93.1 Å². The highest BCUT2D eigenvalue weighted by Crippen LogP contribution is 2.28. The molecule has 3 aromatic carbocycles. The summed E-state index contributed by atoms with van der Waals surface area (Å²) in [7, 11) is 1.49. The number of phenols is 1. The molecule has 8 heteroatoms. The Balaban J connectivity index is 1.61. The molecular weight excluding hydrogens is 461 g/mol. The Bertz CT molecular complexity index is 1380. The summed E-state index contributed by atoms with van der Waals surface area (Å²) in [5.41, 5.74) is 6.48. The first-order chi connectivity index (χ1) is 15.9. The van der Waals surface area contributed by atoms with Crippen LogP contribution < -0.4 is 10.2 Å². The summed E-state index contributed by atoms with van der Waals surface area (Å²) in [6.07, 6.45) is 1.61. The molecule has 0 radical (unpaired) electrons. The van der Waals surface area contributed by atoms with Gasteiger partial charge in [-0.15, -0.1) is 0 Å². The highest BCUT2D eigenvalue weighted by Gasteiger charge is 2.14. The predicted molar refractivity (Wildman–Crippen MR) is 132 cm³/mol. The first kappa shape index (κ1) is 22.7. The van der Waals surface area contributed by atoms with Gasteiger partial charge in [0.25, 0.3) is 5.91 Å². The Kier molecular flexibility index (Phi) is 6.58. The summed E-state index contributed by atoms with van der Waals surface area (Å²) in [4.78, 5) is 12.5. The number of methoxy groups -OCH3 is 1. The van der Waals surface area contributed by atoms with Crippen LogP contribution >= 0.6 is 23.2 Å². The van der Waals surface area contributed by atoms with Crippen LogP contribution in [0.15, 0.2) is 65.8 Å². The van der Waals surface area contributed by atoms with E-state index >= 15 is 0 Å². The highest BCUT2D eigenvalue weighted by atomic mass is 35.5. The molecule has 33 heavy (non-hydrogen) atoms. The van der Waals surface area contributed by atoms with Crippen LogP contribution in [0.1, 0.15) is 27.2 Å². The topological polar surface area (TPSA) is 75.8 Å². The van der Waals surface area contributed by atoms with Crippen LogP contribution in [-0.4, -0.2) is 28.9 Å². The Morgan fingerprint density at radius 2 is 1.91 bits per heavy atom. The average Bonchev–Trinajstić information content (AvgIpc) is 3.07. The molecule has 4 rings (SSSR count). The first-order valence-corrected chi connectivity index (χ1v) is 10.9. The smallest absolute Gasteiger partial charge is 0.275 e. The lowest BCUT2D eigenvalue weighted by molar-refractivity contribution is 0.0952. The minimum atomic E-state index is -0.524. The van der Waals surface area contributed by atoms with Gasteiger partial charge >= 0.3 is 0 Å². The summed E-state index contributed by atoms with van der Waals surface area (Å²) >= 11 is 12.2. The van der Waals surface area contributed by atoms with E-state index in [9.17, 15) is 9.90 Å². The number of fused-ring (bicyclic) bond motifs is 1. The lowest BCUT2D eigenvalue weighted by atomic mass is 10.1. The molecule has 0 atom stereocenters. The van der Waals surface area contributed by atoms with Gasteiger partial charge in [0.15, 0.2) is 0 Å². The summed E-state index contributed by atoms with van der Waals surface area (Å²) in [5, 5.41) is 16.2. The molecule has 4 aromatic rings. The average molecular weight is 482 g/mol. The molecule has 1 heterocycles. The quantitative estimate of drug-likeness (QED) is 0.270. The number of amides is 1. The Morgan fingerprint density at radius 3 is 2.64 bits per heavy atom. The van der Waals surface area contributed by atoms with Crippen molar-refractivity contribution in [2.24, 2.45) is 5.10 Å². The van der Waals surface area contributed by atoms with Gasteiger partial charge in [0, 0.05) is 34.8 Å².